The van der Waals surface area contributed by atoms with Gasteiger partial charge in [-0.25, -0.2) is 0 Å². The van der Waals surface area contributed by atoms with Crippen molar-refractivity contribution in [2.45, 2.75) is 36.5 Å². The van der Waals surface area contributed by atoms with Crippen molar-refractivity contribution in [1.29, 1.82) is 0 Å². The lowest BCUT2D eigenvalue weighted by Gasteiger charge is -2.14. The smallest absolute Gasteiger partial charge is 0.0570 e. The first-order chi connectivity index (χ1) is 7.02. The van der Waals surface area contributed by atoms with Gasteiger partial charge < -0.3 is 5.73 Å². The molecule has 0 spiro atoms. The van der Waals surface area contributed by atoms with E-state index in [0.29, 0.717) is 0 Å². The molecule has 0 fully saturated rings. The molecule has 0 aliphatic heterocycles. The first kappa shape index (κ1) is 12.9. The van der Waals surface area contributed by atoms with Crippen molar-refractivity contribution in [3.63, 3.8) is 0 Å². The molecule has 0 bridgehead atoms. The maximum absolute atomic E-state index is 12.1. The quantitative estimate of drug-likeness (QED) is 0.926. The first-order valence-electron chi connectivity index (χ1n) is 4.93. The predicted octanol–water partition coefficient (Wildman–Crippen LogP) is 2.68. The van der Waals surface area contributed by atoms with E-state index >= 15 is 0 Å². The van der Waals surface area contributed by atoms with Crippen molar-refractivity contribution < 1.29 is 4.21 Å². The predicted molar refractivity (Wildman–Crippen MR) is 68.3 cm³/mol. The summed E-state index contributed by atoms with van der Waals surface area (Å²) in [6.45, 7) is 3.91. The van der Waals surface area contributed by atoms with Gasteiger partial charge in [0.25, 0.3) is 0 Å². The third-order valence-corrected chi connectivity index (χ3v) is 4.79. The van der Waals surface area contributed by atoms with Gasteiger partial charge >= 0.3 is 0 Å². The summed E-state index contributed by atoms with van der Waals surface area (Å²) in [4.78, 5) is 0.852. The fourth-order valence-electron chi connectivity index (χ4n) is 1.44. The van der Waals surface area contributed by atoms with Crippen LogP contribution < -0.4 is 5.73 Å². The molecule has 0 radical (unpaired) electrons. The Kier molecular flexibility index (Phi) is 4.96. The molecule has 0 amide bonds. The molecule has 0 saturated heterocycles. The fraction of sp³-hybridized carbons (Fsp3) is 0.455. The van der Waals surface area contributed by atoms with Crippen LogP contribution in [0, 0.1) is 0 Å². The van der Waals surface area contributed by atoms with E-state index in [9.17, 15) is 4.21 Å². The summed E-state index contributed by atoms with van der Waals surface area (Å²) in [6, 6.07) is 7.70. The number of rotatable bonds is 4. The number of hydrogen-bond acceptors (Lipinski definition) is 2. The summed E-state index contributed by atoms with van der Waals surface area (Å²) < 4.78 is 13.0. The molecule has 84 valence electrons. The molecule has 2 nitrogen and oxygen atoms in total. The molecule has 4 heteroatoms. The monoisotopic (exact) mass is 289 g/mol. The second-order valence-corrected chi connectivity index (χ2v) is 6.45. The van der Waals surface area contributed by atoms with Crippen molar-refractivity contribution in [2.24, 2.45) is 5.73 Å². The molecule has 1 aromatic rings. The molecule has 3 unspecified atom stereocenters. The summed E-state index contributed by atoms with van der Waals surface area (Å²) in [5.74, 6) is 0. The Morgan fingerprint density at radius 3 is 2.53 bits per heavy atom. The molecule has 0 aromatic heterocycles. The van der Waals surface area contributed by atoms with Crippen LogP contribution in [0.2, 0.25) is 0 Å². The Balaban J connectivity index is 2.81. The van der Waals surface area contributed by atoms with Gasteiger partial charge in [0.05, 0.1) is 15.7 Å². The topological polar surface area (TPSA) is 43.1 Å². The van der Waals surface area contributed by atoms with Gasteiger partial charge in [0.15, 0.2) is 0 Å². The van der Waals surface area contributed by atoms with Gasteiger partial charge in [0, 0.05) is 15.8 Å². The minimum Gasteiger partial charge on any atom is -0.328 e. The second kappa shape index (κ2) is 5.77. The highest BCUT2D eigenvalue weighted by Gasteiger charge is 2.16. The van der Waals surface area contributed by atoms with Crippen LogP contribution in [0.3, 0.4) is 0 Å². The first-order valence-corrected chi connectivity index (χ1v) is 6.93. The van der Waals surface area contributed by atoms with E-state index in [1.165, 1.54) is 0 Å². The van der Waals surface area contributed by atoms with Crippen molar-refractivity contribution in [2.75, 3.05) is 0 Å². The molecular weight excluding hydrogens is 274 g/mol. The molecule has 3 atom stereocenters. The third-order valence-electron chi connectivity index (χ3n) is 2.12. The Hall–Kier alpha value is -0.190. The normalized spacial score (nSPS) is 17.1. The Labute approximate surface area is 102 Å². The third kappa shape index (κ3) is 3.70. The van der Waals surface area contributed by atoms with Crippen LogP contribution in [-0.2, 0) is 10.8 Å². The van der Waals surface area contributed by atoms with Gasteiger partial charge in [-0.3, -0.25) is 4.21 Å². The summed E-state index contributed by atoms with van der Waals surface area (Å²) in [6.07, 6.45) is 0.772. The minimum atomic E-state index is -0.987. The molecular formula is C11H16BrNOS. The number of hydrogen-bond donors (Lipinski definition) is 1. The Morgan fingerprint density at radius 1 is 1.40 bits per heavy atom. The molecule has 0 aliphatic rings. The molecule has 1 rings (SSSR count). The van der Waals surface area contributed by atoms with Gasteiger partial charge in [-0.2, -0.15) is 0 Å². The fourth-order valence-corrected chi connectivity index (χ4v) is 3.58. The van der Waals surface area contributed by atoms with Crippen molar-refractivity contribution in [3.8, 4) is 0 Å². The molecule has 0 aliphatic carbocycles. The average Bonchev–Trinajstić information content (AvgIpc) is 2.16. The number of nitrogens with two attached hydrogens (primary N) is 1. The highest BCUT2D eigenvalue weighted by Crippen LogP contribution is 2.23. The maximum atomic E-state index is 12.1. The van der Waals surface area contributed by atoms with E-state index in [2.05, 4.69) is 15.9 Å². The van der Waals surface area contributed by atoms with Gasteiger partial charge in [-0.15, -0.1) is 0 Å². The summed E-state index contributed by atoms with van der Waals surface area (Å²) in [7, 11) is -0.987. The zero-order valence-corrected chi connectivity index (χ0v) is 11.3. The van der Waals surface area contributed by atoms with E-state index in [1.807, 2.05) is 38.1 Å². The number of benzene rings is 1. The minimum absolute atomic E-state index is 0.0868. The summed E-state index contributed by atoms with van der Waals surface area (Å²) in [5, 5.41) is 0.0868. The largest absolute Gasteiger partial charge is 0.328 e. The highest BCUT2D eigenvalue weighted by molar-refractivity contribution is 9.10. The van der Waals surface area contributed by atoms with Crippen LogP contribution >= 0.6 is 15.9 Å². The highest BCUT2D eigenvalue weighted by atomic mass is 79.9. The zero-order valence-electron chi connectivity index (χ0n) is 8.94. The maximum Gasteiger partial charge on any atom is 0.0570 e. The van der Waals surface area contributed by atoms with E-state index in [-0.39, 0.29) is 11.3 Å². The second-order valence-electron chi connectivity index (χ2n) is 3.75. The van der Waals surface area contributed by atoms with Crippen molar-refractivity contribution in [1.82, 2.24) is 0 Å². The summed E-state index contributed by atoms with van der Waals surface area (Å²) in [5.41, 5.74) is 5.70. The SMILES string of the molecule is CC(N)CC(C)S(=O)c1ccccc1Br. The lowest BCUT2D eigenvalue weighted by molar-refractivity contribution is 0.628. The van der Waals surface area contributed by atoms with Gasteiger partial charge in [-0.05, 0) is 41.4 Å². The molecule has 1 aromatic carbocycles. The van der Waals surface area contributed by atoms with E-state index in [4.69, 9.17) is 5.73 Å². The van der Waals surface area contributed by atoms with Gasteiger partial charge in [0.2, 0.25) is 0 Å². The van der Waals surface area contributed by atoms with Crippen LogP contribution in [0.5, 0.6) is 0 Å². The van der Waals surface area contributed by atoms with E-state index in [1.54, 1.807) is 0 Å². The van der Waals surface area contributed by atoms with Gasteiger partial charge in [-0.1, -0.05) is 19.1 Å². The molecule has 0 saturated carbocycles. The van der Waals surface area contributed by atoms with Crippen molar-refractivity contribution in [3.05, 3.63) is 28.7 Å². The summed E-state index contributed by atoms with van der Waals surface area (Å²) >= 11 is 3.41. The van der Waals surface area contributed by atoms with Crippen LogP contribution in [-0.4, -0.2) is 15.5 Å². The molecule has 0 heterocycles. The van der Waals surface area contributed by atoms with Crippen LogP contribution in [0.15, 0.2) is 33.6 Å². The number of halogens is 1. The lowest BCUT2D eigenvalue weighted by Crippen LogP contribution is -2.24. The standard InChI is InChI=1S/C11H16BrNOS/c1-8(13)7-9(2)15(14)11-6-4-3-5-10(11)12/h3-6,8-9H,7,13H2,1-2H3. The van der Waals surface area contributed by atoms with Crippen LogP contribution in [0.4, 0.5) is 0 Å². The average molecular weight is 290 g/mol. The molecule has 2 N–H and O–H groups in total. The van der Waals surface area contributed by atoms with Crippen LogP contribution in [0.1, 0.15) is 20.3 Å². The Morgan fingerprint density at radius 2 is 2.00 bits per heavy atom. The van der Waals surface area contributed by atoms with E-state index in [0.717, 1.165) is 15.8 Å². The van der Waals surface area contributed by atoms with Crippen LogP contribution in [0.25, 0.3) is 0 Å². The van der Waals surface area contributed by atoms with Gasteiger partial charge in [0.1, 0.15) is 0 Å². The molecule has 15 heavy (non-hydrogen) atoms. The lowest BCUT2D eigenvalue weighted by atomic mass is 10.2. The van der Waals surface area contributed by atoms with Crippen molar-refractivity contribution >= 4 is 26.7 Å². The Bertz CT molecular complexity index is 354. The zero-order chi connectivity index (χ0) is 11.4. The van der Waals surface area contributed by atoms with E-state index < -0.39 is 10.8 Å².